The average Bonchev–Trinajstić information content (AvgIpc) is 2.63. The van der Waals surface area contributed by atoms with Crippen LogP contribution in [0.4, 0.5) is 0 Å². The summed E-state index contributed by atoms with van der Waals surface area (Å²) in [6.45, 7) is 4.52. The van der Waals surface area contributed by atoms with Crippen molar-refractivity contribution in [1.82, 2.24) is 15.5 Å². The van der Waals surface area contributed by atoms with E-state index in [1.165, 1.54) is 0 Å². The standard InChI is InChI=1S/C19H23N3O/c23-19(21-15-22-13-11-20-12-14-22)18(16-7-3-1-4-8-16)17-9-5-2-6-10-17/h1-10,18,20H,11-15H2,(H,21,23). The Morgan fingerprint density at radius 3 is 2.00 bits per heavy atom. The zero-order chi connectivity index (χ0) is 15.9. The van der Waals surface area contributed by atoms with E-state index in [0.717, 1.165) is 37.3 Å². The summed E-state index contributed by atoms with van der Waals surface area (Å²) in [5.74, 6) is -0.207. The molecule has 4 nitrogen and oxygen atoms in total. The summed E-state index contributed by atoms with van der Waals surface area (Å²) in [6, 6.07) is 19.9. The van der Waals surface area contributed by atoms with Crippen molar-refractivity contribution in [2.24, 2.45) is 0 Å². The van der Waals surface area contributed by atoms with Crippen LogP contribution in [0.1, 0.15) is 17.0 Å². The van der Waals surface area contributed by atoms with Gasteiger partial charge < -0.3 is 10.6 Å². The third-order valence-electron chi connectivity index (χ3n) is 4.21. The molecule has 1 amide bonds. The van der Waals surface area contributed by atoms with Crippen LogP contribution in [0, 0.1) is 0 Å². The Morgan fingerprint density at radius 2 is 1.48 bits per heavy atom. The average molecular weight is 309 g/mol. The molecule has 0 aliphatic carbocycles. The molecule has 3 rings (SSSR count). The number of piperazine rings is 1. The smallest absolute Gasteiger partial charge is 0.233 e. The number of hydrogen-bond acceptors (Lipinski definition) is 3. The van der Waals surface area contributed by atoms with E-state index in [9.17, 15) is 4.79 Å². The highest BCUT2D eigenvalue weighted by atomic mass is 16.2. The van der Waals surface area contributed by atoms with Crippen molar-refractivity contribution in [3.8, 4) is 0 Å². The SMILES string of the molecule is O=C(NCN1CCNCC1)C(c1ccccc1)c1ccccc1. The minimum Gasteiger partial charge on any atom is -0.343 e. The molecule has 2 aromatic carbocycles. The van der Waals surface area contributed by atoms with Crippen LogP contribution >= 0.6 is 0 Å². The van der Waals surface area contributed by atoms with Crippen LogP contribution in [0.3, 0.4) is 0 Å². The first-order valence-corrected chi connectivity index (χ1v) is 8.15. The van der Waals surface area contributed by atoms with Crippen LogP contribution in [-0.2, 0) is 4.79 Å². The summed E-state index contributed by atoms with van der Waals surface area (Å²) < 4.78 is 0. The van der Waals surface area contributed by atoms with Crippen molar-refractivity contribution < 1.29 is 4.79 Å². The summed E-state index contributed by atoms with van der Waals surface area (Å²) >= 11 is 0. The van der Waals surface area contributed by atoms with E-state index in [4.69, 9.17) is 0 Å². The van der Waals surface area contributed by atoms with Crippen molar-refractivity contribution in [2.75, 3.05) is 32.8 Å². The highest BCUT2D eigenvalue weighted by molar-refractivity contribution is 5.87. The first kappa shape index (κ1) is 15.7. The molecule has 0 spiro atoms. The van der Waals surface area contributed by atoms with Gasteiger partial charge in [-0.2, -0.15) is 0 Å². The van der Waals surface area contributed by atoms with Gasteiger partial charge in [-0.3, -0.25) is 9.69 Å². The van der Waals surface area contributed by atoms with Crippen LogP contribution in [0.15, 0.2) is 60.7 Å². The lowest BCUT2D eigenvalue weighted by atomic mass is 9.90. The highest BCUT2D eigenvalue weighted by Crippen LogP contribution is 2.24. The van der Waals surface area contributed by atoms with Crippen molar-refractivity contribution in [3.05, 3.63) is 71.8 Å². The van der Waals surface area contributed by atoms with Crippen molar-refractivity contribution in [2.45, 2.75) is 5.92 Å². The molecule has 0 saturated carbocycles. The van der Waals surface area contributed by atoms with Crippen LogP contribution in [0.2, 0.25) is 0 Å². The molecule has 0 aromatic heterocycles. The lowest BCUT2D eigenvalue weighted by Crippen LogP contribution is -2.48. The molecule has 1 aliphatic heterocycles. The fourth-order valence-electron chi connectivity index (χ4n) is 2.95. The molecule has 1 saturated heterocycles. The van der Waals surface area contributed by atoms with Gasteiger partial charge in [-0.1, -0.05) is 60.7 Å². The van der Waals surface area contributed by atoms with Gasteiger partial charge in [0.15, 0.2) is 0 Å². The first-order chi connectivity index (χ1) is 11.3. The summed E-state index contributed by atoms with van der Waals surface area (Å²) in [6.07, 6.45) is 0. The predicted octanol–water partition coefficient (Wildman–Crippen LogP) is 1.80. The minimum absolute atomic E-state index is 0.0564. The van der Waals surface area contributed by atoms with Gasteiger partial charge in [0.25, 0.3) is 0 Å². The fourth-order valence-corrected chi connectivity index (χ4v) is 2.95. The van der Waals surface area contributed by atoms with E-state index in [1.54, 1.807) is 0 Å². The van der Waals surface area contributed by atoms with E-state index in [0.29, 0.717) is 6.67 Å². The monoisotopic (exact) mass is 309 g/mol. The van der Waals surface area contributed by atoms with Gasteiger partial charge in [0, 0.05) is 26.2 Å². The van der Waals surface area contributed by atoms with Gasteiger partial charge in [-0.25, -0.2) is 0 Å². The van der Waals surface area contributed by atoms with Gasteiger partial charge in [0.2, 0.25) is 5.91 Å². The highest BCUT2D eigenvalue weighted by Gasteiger charge is 2.22. The maximum absolute atomic E-state index is 12.8. The number of rotatable bonds is 5. The van der Waals surface area contributed by atoms with Gasteiger partial charge >= 0.3 is 0 Å². The zero-order valence-corrected chi connectivity index (χ0v) is 13.2. The van der Waals surface area contributed by atoms with Crippen molar-refractivity contribution in [1.29, 1.82) is 0 Å². The maximum Gasteiger partial charge on any atom is 0.233 e. The molecule has 0 atom stereocenters. The zero-order valence-electron chi connectivity index (χ0n) is 13.2. The third kappa shape index (κ3) is 4.18. The van der Waals surface area contributed by atoms with Crippen LogP contribution in [-0.4, -0.2) is 43.7 Å². The molecular formula is C19H23N3O. The van der Waals surface area contributed by atoms with Crippen LogP contribution in [0.5, 0.6) is 0 Å². The molecule has 2 N–H and O–H groups in total. The summed E-state index contributed by atoms with van der Waals surface area (Å²) in [5, 5.41) is 6.43. The van der Waals surface area contributed by atoms with E-state index >= 15 is 0 Å². The normalized spacial score (nSPS) is 15.5. The Morgan fingerprint density at radius 1 is 0.957 bits per heavy atom. The van der Waals surface area contributed by atoms with Crippen molar-refractivity contribution in [3.63, 3.8) is 0 Å². The van der Waals surface area contributed by atoms with Gasteiger partial charge in [0.05, 0.1) is 12.6 Å². The Labute approximate surface area is 137 Å². The third-order valence-corrected chi connectivity index (χ3v) is 4.21. The van der Waals surface area contributed by atoms with E-state index in [-0.39, 0.29) is 11.8 Å². The van der Waals surface area contributed by atoms with Crippen LogP contribution in [0.25, 0.3) is 0 Å². The van der Waals surface area contributed by atoms with Gasteiger partial charge in [-0.05, 0) is 11.1 Å². The number of nitrogens with zero attached hydrogens (tertiary/aromatic N) is 1. The quantitative estimate of drug-likeness (QED) is 0.885. The Hall–Kier alpha value is -2.17. The van der Waals surface area contributed by atoms with Gasteiger partial charge in [-0.15, -0.1) is 0 Å². The molecule has 23 heavy (non-hydrogen) atoms. The molecule has 1 aliphatic rings. The lowest BCUT2D eigenvalue weighted by molar-refractivity contribution is -0.122. The predicted molar refractivity (Wildman–Crippen MR) is 92.2 cm³/mol. The first-order valence-electron chi connectivity index (χ1n) is 8.15. The molecule has 120 valence electrons. The number of nitrogens with one attached hydrogen (secondary N) is 2. The molecule has 1 heterocycles. The molecule has 1 fully saturated rings. The second kappa shape index (κ2) is 7.90. The fraction of sp³-hybridized carbons (Fsp3) is 0.316. The largest absolute Gasteiger partial charge is 0.343 e. The minimum atomic E-state index is -0.264. The molecule has 0 radical (unpaired) electrons. The molecular weight excluding hydrogens is 286 g/mol. The summed E-state index contributed by atoms with van der Waals surface area (Å²) in [4.78, 5) is 15.1. The van der Waals surface area contributed by atoms with E-state index < -0.39 is 0 Å². The number of carbonyl (C=O) groups is 1. The number of benzene rings is 2. The molecule has 4 heteroatoms. The Bertz CT molecular complexity index is 570. The Kier molecular flexibility index (Phi) is 5.40. The molecule has 0 unspecified atom stereocenters. The summed E-state index contributed by atoms with van der Waals surface area (Å²) in [7, 11) is 0. The molecule has 2 aromatic rings. The number of amides is 1. The van der Waals surface area contributed by atoms with Crippen molar-refractivity contribution >= 4 is 5.91 Å². The second-order valence-corrected chi connectivity index (χ2v) is 5.82. The van der Waals surface area contributed by atoms with E-state index in [1.807, 2.05) is 60.7 Å². The lowest BCUT2D eigenvalue weighted by Gasteiger charge is -2.28. The maximum atomic E-state index is 12.8. The molecule has 0 bridgehead atoms. The number of carbonyl (C=O) groups excluding carboxylic acids is 1. The second-order valence-electron chi connectivity index (χ2n) is 5.82. The summed E-state index contributed by atoms with van der Waals surface area (Å²) in [5.41, 5.74) is 2.05. The van der Waals surface area contributed by atoms with E-state index in [2.05, 4.69) is 15.5 Å². The topological polar surface area (TPSA) is 44.4 Å². The van der Waals surface area contributed by atoms with Gasteiger partial charge in [0.1, 0.15) is 0 Å². The van der Waals surface area contributed by atoms with Crippen LogP contribution < -0.4 is 10.6 Å². The Balaban J connectivity index is 1.74. The number of hydrogen-bond donors (Lipinski definition) is 2.